The molecule has 3 rings (SSSR count). The lowest BCUT2D eigenvalue weighted by atomic mass is 10.1. The Morgan fingerprint density at radius 3 is 2.68 bits per heavy atom. The summed E-state index contributed by atoms with van der Waals surface area (Å²) >= 11 is 0. The van der Waals surface area contributed by atoms with E-state index in [0.717, 1.165) is 6.42 Å². The molecular formula is C16H15N5O4. The first kappa shape index (κ1) is 16.4. The first-order chi connectivity index (χ1) is 12.1. The van der Waals surface area contributed by atoms with Crippen LogP contribution in [0, 0.1) is 0 Å². The van der Waals surface area contributed by atoms with Crippen LogP contribution in [0.25, 0.3) is 11.6 Å². The molecule has 0 radical (unpaired) electrons. The summed E-state index contributed by atoms with van der Waals surface area (Å²) in [6, 6.07) is 8.50. The minimum absolute atomic E-state index is 0.0151. The summed E-state index contributed by atoms with van der Waals surface area (Å²) in [5, 5.41) is 13.7. The van der Waals surface area contributed by atoms with Crippen LogP contribution in [-0.4, -0.2) is 33.6 Å². The summed E-state index contributed by atoms with van der Waals surface area (Å²) in [6.07, 6.45) is 0.772. The number of nitrogens with zero attached hydrogens (tertiary/aromatic N) is 3. The normalized spacial score (nSPS) is 10.6. The van der Waals surface area contributed by atoms with Crippen LogP contribution in [-0.2, 0) is 0 Å². The van der Waals surface area contributed by atoms with Crippen molar-refractivity contribution in [3.05, 3.63) is 47.5 Å². The zero-order chi connectivity index (χ0) is 17.8. The van der Waals surface area contributed by atoms with Crippen molar-refractivity contribution in [1.29, 1.82) is 0 Å². The van der Waals surface area contributed by atoms with E-state index in [4.69, 9.17) is 14.7 Å². The molecule has 25 heavy (non-hydrogen) atoms. The van der Waals surface area contributed by atoms with Gasteiger partial charge in [-0.3, -0.25) is 9.59 Å². The Kier molecular flexibility index (Phi) is 4.55. The summed E-state index contributed by atoms with van der Waals surface area (Å²) in [6.45, 7) is 2.40. The highest BCUT2D eigenvalue weighted by Gasteiger charge is 2.26. The zero-order valence-corrected chi connectivity index (χ0v) is 13.4. The average Bonchev–Trinajstić information content (AvgIpc) is 3.26. The van der Waals surface area contributed by atoms with Gasteiger partial charge in [0.2, 0.25) is 11.5 Å². The number of anilines is 1. The molecule has 0 aliphatic heterocycles. The van der Waals surface area contributed by atoms with Crippen LogP contribution in [0.3, 0.4) is 0 Å². The van der Waals surface area contributed by atoms with Crippen LogP contribution in [0.15, 0.2) is 39.3 Å². The molecule has 0 atom stereocenters. The summed E-state index contributed by atoms with van der Waals surface area (Å²) in [5.41, 5.74) is 6.32. The van der Waals surface area contributed by atoms with Gasteiger partial charge >= 0.3 is 11.8 Å². The van der Waals surface area contributed by atoms with Crippen LogP contribution >= 0.6 is 0 Å². The third-order valence-corrected chi connectivity index (χ3v) is 3.33. The maximum absolute atomic E-state index is 12.4. The largest absolute Gasteiger partial charge is 0.410 e. The van der Waals surface area contributed by atoms with Crippen molar-refractivity contribution >= 4 is 17.4 Å². The Morgan fingerprint density at radius 2 is 1.96 bits per heavy atom. The molecule has 0 bridgehead atoms. The van der Waals surface area contributed by atoms with Gasteiger partial charge in [0.1, 0.15) is 5.69 Å². The Morgan fingerprint density at radius 1 is 1.20 bits per heavy atom. The number of hydrogen-bond acceptors (Lipinski definition) is 8. The predicted octanol–water partition coefficient (Wildman–Crippen LogP) is 1.68. The number of nitrogens with one attached hydrogen (secondary N) is 1. The van der Waals surface area contributed by atoms with Crippen molar-refractivity contribution in [3.8, 4) is 11.6 Å². The third-order valence-electron chi connectivity index (χ3n) is 3.33. The Labute approximate surface area is 142 Å². The predicted molar refractivity (Wildman–Crippen MR) is 86.7 cm³/mol. The maximum atomic E-state index is 12.4. The molecule has 2 heterocycles. The van der Waals surface area contributed by atoms with Crippen molar-refractivity contribution in [1.82, 2.24) is 20.7 Å². The zero-order valence-electron chi connectivity index (χ0n) is 13.4. The van der Waals surface area contributed by atoms with Crippen molar-refractivity contribution in [3.63, 3.8) is 0 Å². The van der Waals surface area contributed by atoms with Crippen molar-refractivity contribution in [2.75, 3.05) is 12.3 Å². The van der Waals surface area contributed by atoms with Gasteiger partial charge in [-0.2, -0.15) is 0 Å². The van der Waals surface area contributed by atoms with Crippen molar-refractivity contribution in [2.45, 2.75) is 13.3 Å². The summed E-state index contributed by atoms with van der Waals surface area (Å²) in [5.74, 6) is -1.37. The number of rotatable bonds is 6. The van der Waals surface area contributed by atoms with E-state index >= 15 is 0 Å². The van der Waals surface area contributed by atoms with E-state index in [1.165, 1.54) is 0 Å². The minimum atomic E-state index is -0.497. The fourth-order valence-corrected chi connectivity index (χ4v) is 2.06. The number of nitrogen functional groups attached to an aromatic ring is 1. The molecule has 0 aliphatic rings. The second-order valence-corrected chi connectivity index (χ2v) is 5.14. The molecule has 3 N–H and O–H groups in total. The van der Waals surface area contributed by atoms with Crippen LogP contribution < -0.4 is 11.1 Å². The van der Waals surface area contributed by atoms with E-state index in [1.54, 1.807) is 30.3 Å². The molecule has 0 fully saturated rings. The average molecular weight is 341 g/mol. The van der Waals surface area contributed by atoms with Gasteiger partial charge in [-0.25, -0.2) is 0 Å². The molecule has 128 valence electrons. The van der Waals surface area contributed by atoms with Gasteiger partial charge in [0.05, 0.1) is 0 Å². The molecule has 0 aliphatic carbocycles. The second kappa shape index (κ2) is 6.95. The number of hydrogen-bond donors (Lipinski definition) is 2. The lowest BCUT2D eigenvalue weighted by Gasteiger charge is -1.97. The fourth-order valence-electron chi connectivity index (χ4n) is 2.06. The molecular weight excluding hydrogens is 326 g/mol. The molecule has 0 spiro atoms. The van der Waals surface area contributed by atoms with Crippen LogP contribution in [0.2, 0.25) is 0 Å². The van der Waals surface area contributed by atoms with Gasteiger partial charge in [0.25, 0.3) is 5.89 Å². The molecule has 0 saturated carbocycles. The number of carbonyl (C=O) groups excluding carboxylic acids is 2. The molecule has 3 aromatic rings. The SMILES string of the molecule is CCCNC(=O)c1nnc(-c2noc(C(=O)c3ccccc3)c2N)o1. The highest BCUT2D eigenvalue weighted by atomic mass is 16.5. The number of carbonyl (C=O) groups is 2. The number of ketones is 1. The highest BCUT2D eigenvalue weighted by molar-refractivity contribution is 6.11. The number of benzene rings is 1. The summed E-state index contributed by atoms with van der Waals surface area (Å²) < 4.78 is 10.3. The molecule has 9 nitrogen and oxygen atoms in total. The first-order valence-corrected chi connectivity index (χ1v) is 7.58. The van der Waals surface area contributed by atoms with Crippen molar-refractivity contribution in [2.24, 2.45) is 0 Å². The maximum Gasteiger partial charge on any atom is 0.308 e. The van der Waals surface area contributed by atoms with E-state index in [1.807, 2.05) is 6.92 Å². The van der Waals surface area contributed by atoms with E-state index in [9.17, 15) is 9.59 Å². The minimum Gasteiger partial charge on any atom is -0.410 e. The Balaban J connectivity index is 1.86. The third kappa shape index (κ3) is 3.25. The van der Waals surface area contributed by atoms with Gasteiger partial charge in [0, 0.05) is 12.1 Å². The standard InChI is InChI=1S/C16H15N5O4/c1-2-8-18-14(23)16-20-19-15(24-16)11-10(17)13(25-21-11)12(22)9-6-4-3-5-7-9/h3-7H,2,8,17H2,1H3,(H,18,23). The van der Waals surface area contributed by atoms with Gasteiger partial charge < -0.3 is 20.0 Å². The van der Waals surface area contributed by atoms with E-state index < -0.39 is 11.7 Å². The Hall–Kier alpha value is -3.49. The lowest BCUT2D eigenvalue weighted by Crippen LogP contribution is -2.24. The van der Waals surface area contributed by atoms with Gasteiger partial charge in [0.15, 0.2) is 5.69 Å². The topological polar surface area (TPSA) is 137 Å². The highest BCUT2D eigenvalue weighted by Crippen LogP contribution is 2.28. The number of amides is 1. The fraction of sp³-hybridized carbons (Fsp3) is 0.188. The molecule has 2 aromatic heterocycles. The summed E-state index contributed by atoms with van der Waals surface area (Å²) in [4.78, 5) is 24.2. The van der Waals surface area contributed by atoms with Gasteiger partial charge in [-0.1, -0.05) is 42.4 Å². The molecule has 9 heteroatoms. The monoisotopic (exact) mass is 341 g/mol. The van der Waals surface area contributed by atoms with E-state index in [-0.39, 0.29) is 28.9 Å². The van der Waals surface area contributed by atoms with E-state index in [0.29, 0.717) is 12.1 Å². The molecule has 1 amide bonds. The van der Waals surface area contributed by atoms with Crippen molar-refractivity contribution < 1.29 is 18.5 Å². The lowest BCUT2D eigenvalue weighted by molar-refractivity contribution is 0.0919. The molecule has 1 aromatic carbocycles. The van der Waals surface area contributed by atoms with Gasteiger partial charge in [-0.05, 0) is 6.42 Å². The number of nitrogens with two attached hydrogens (primary N) is 1. The van der Waals surface area contributed by atoms with Crippen LogP contribution in [0.5, 0.6) is 0 Å². The smallest absolute Gasteiger partial charge is 0.308 e. The second-order valence-electron chi connectivity index (χ2n) is 5.14. The summed E-state index contributed by atoms with van der Waals surface area (Å²) in [7, 11) is 0. The quantitative estimate of drug-likeness (QED) is 0.646. The molecule has 0 unspecified atom stereocenters. The molecule has 0 saturated heterocycles. The Bertz CT molecular complexity index is 900. The van der Waals surface area contributed by atoms with E-state index in [2.05, 4.69) is 20.7 Å². The first-order valence-electron chi connectivity index (χ1n) is 7.58. The van der Waals surface area contributed by atoms with Gasteiger partial charge in [-0.15, -0.1) is 10.2 Å². The van der Waals surface area contributed by atoms with Crippen LogP contribution in [0.4, 0.5) is 5.69 Å². The van der Waals surface area contributed by atoms with Crippen LogP contribution in [0.1, 0.15) is 40.1 Å². The number of aromatic nitrogens is 3.